The second-order valence-electron chi connectivity index (χ2n) is 5.88. The first kappa shape index (κ1) is 18.8. The number of sulfonamides is 1. The lowest BCUT2D eigenvalue weighted by atomic mass is 10.1. The van der Waals surface area contributed by atoms with Crippen LogP contribution in [0.2, 0.25) is 0 Å². The number of rotatable bonds is 6. The highest BCUT2D eigenvalue weighted by Crippen LogP contribution is 2.40. The van der Waals surface area contributed by atoms with Crippen molar-refractivity contribution in [2.75, 3.05) is 12.4 Å². The Bertz CT molecular complexity index is 880. The molecule has 1 aliphatic rings. The van der Waals surface area contributed by atoms with Gasteiger partial charge in [-0.05, 0) is 42.3 Å². The average molecular weight is 393 g/mol. The van der Waals surface area contributed by atoms with Gasteiger partial charge in [-0.15, -0.1) is 11.8 Å². The predicted molar refractivity (Wildman–Crippen MR) is 101 cm³/mol. The SMILES string of the molecule is CCOc1ccc(C2SCC(=O)N2Cc2ccc(S(N)(=O)=O)cc2)cc1. The number of thioether (sulfide) groups is 1. The molecule has 0 aromatic heterocycles. The number of carbonyl (C=O) groups excluding carboxylic acids is 1. The third-order valence-corrected chi connectivity index (χ3v) is 6.23. The molecule has 1 heterocycles. The molecule has 1 amide bonds. The second kappa shape index (κ2) is 7.69. The molecule has 1 fully saturated rings. The van der Waals surface area contributed by atoms with Gasteiger partial charge in [0.1, 0.15) is 11.1 Å². The van der Waals surface area contributed by atoms with E-state index >= 15 is 0 Å². The van der Waals surface area contributed by atoms with E-state index in [0.29, 0.717) is 18.9 Å². The Hall–Kier alpha value is -2.03. The normalized spacial score (nSPS) is 17.5. The van der Waals surface area contributed by atoms with Crippen molar-refractivity contribution in [3.8, 4) is 5.75 Å². The zero-order valence-corrected chi connectivity index (χ0v) is 15.9. The molecule has 0 spiro atoms. The third kappa shape index (κ3) is 4.20. The van der Waals surface area contributed by atoms with Crippen molar-refractivity contribution in [1.82, 2.24) is 4.90 Å². The van der Waals surface area contributed by atoms with Crippen molar-refractivity contribution < 1.29 is 17.9 Å². The Labute approximate surface area is 157 Å². The van der Waals surface area contributed by atoms with Crippen LogP contribution in [0.3, 0.4) is 0 Å². The topological polar surface area (TPSA) is 89.7 Å². The number of ether oxygens (including phenoxy) is 1. The summed E-state index contributed by atoms with van der Waals surface area (Å²) in [6, 6.07) is 14.0. The summed E-state index contributed by atoms with van der Waals surface area (Å²) < 4.78 is 28.2. The van der Waals surface area contributed by atoms with Crippen molar-refractivity contribution in [3.63, 3.8) is 0 Å². The molecule has 138 valence electrons. The van der Waals surface area contributed by atoms with Crippen LogP contribution in [-0.2, 0) is 21.4 Å². The highest BCUT2D eigenvalue weighted by atomic mass is 32.2. The van der Waals surface area contributed by atoms with Crippen LogP contribution in [0.5, 0.6) is 5.75 Å². The highest BCUT2D eigenvalue weighted by Gasteiger charge is 2.32. The van der Waals surface area contributed by atoms with Gasteiger partial charge in [-0.3, -0.25) is 4.79 Å². The lowest BCUT2D eigenvalue weighted by Gasteiger charge is -2.24. The zero-order chi connectivity index (χ0) is 18.7. The lowest BCUT2D eigenvalue weighted by molar-refractivity contribution is -0.128. The van der Waals surface area contributed by atoms with Gasteiger partial charge in [-0.2, -0.15) is 0 Å². The van der Waals surface area contributed by atoms with Gasteiger partial charge in [-0.25, -0.2) is 13.6 Å². The molecule has 8 heteroatoms. The molecule has 2 aromatic carbocycles. The van der Waals surface area contributed by atoms with Crippen LogP contribution >= 0.6 is 11.8 Å². The first-order valence-corrected chi connectivity index (χ1v) is 10.7. The van der Waals surface area contributed by atoms with Crippen molar-refractivity contribution in [2.24, 2.45) is 5.14 Å². The number of nitrogens with two attached hydrogens (primary N) is 1. The lowest BCUT2D eigenvalue weighted by Crippen LogP contribution is -2.27. The Morgan fingerprint density at radius 2 is 1.81 bits per heavy atom. The Balaban J connectivity index is 1.77. The van der Waals surface area contributed by atoms with E-state index in [1.807, 2.05) is 31.2 Å². The molecule has 2 N–H and O–H groups in total. The van der Waals surface area contributed by atoms with E-state index in [9.17, 15) is 13.2 Å². The van der Waals surface area contributed by atoms with Crippen molar-refractivity contribution in [1.29, 1.82) is 0 Å². The van der Waals surface area contributed by atoms with Gasteiger partial charge in [0.25, 0.3) is 0 Å². The standard InChI is InChI=1S/C18H20N2O4S2/c1-2-24-15-7-5-14(6-8-15)18-20(17(21)12-25-18)11-13-3-9-16(10-4-13)26(19,22)23/h3-10,18H,2,11-12H2,1H3,(H2,19,22,23). The minimum absolute atomic E-state index is 0.0596. The summed E-state index contributed by atoms with van der Waals surface area (Å²) in [6.45, 7) is 2.95. The van der Waals surface area contributed by atoms with E-state index in [4.69, 9.17) is 9.88 Å². The maximum Gasteiger partial charge on any atom is 0.238 e. The summed E-state index contributed by atoms with van der Waals surface area (Å²) in [5.41, 5.74) is 1.88. The first-order chi connectivity index (χ1) is 12.4. The van der Waals surface area contributed by atoms with E-state index in [1.165, 1.54) is 12.1 Å². The fourth-order valence-corrected chi connectivity index (χ4v) is 4.48. The van der Waals surface area contributed by atoms with E-state index in [-0.39, 0.29) is 16.2 Å². The van der Waals surface area contributed by atoms with Gasteiger partial charge >= 0.3 is 0 Å². The van der Waals surface area contributed by atoms with Crippen LogP contribution in [0.1, 0.15) is 23.4 Å². The van der Waals surface area contributed by atoms with Crippen LogP contribution in [0.25, 0.3) is 0 Å². The average Bonchev–Trinajstić information content (AvgIpc) is 2.96. The molecule has 3 rings (SSSR count). The molecule has 1 aliphatic heterocycles. The van der Waals surface area contributed by atoms with Crippen molar-refractivity contribution >= 4 is 27.7 Å². The minimum Gasteiger partial charge on any atom is -0.494 e. The van der Waals surface area contributed by atoms with E-state index in [0.717, 1.165) is 16.9 Å². The largest absolute Gasteiger partial charge is 0.494 e. The summed E-state index contributed by atoms with van der Waals surface area (Å²) >= 11 is 1.58. The van der Waals surface area contributed by atoms with Gasteiger partial charge in [0.15, 0.2) is 0 Å². The van der Waals surface area contributed by atoms with Crippen LogP contribution in [0.15, 0.2) is 53.4 Å². The number of amides is 1. The first-order valence-electron chi connectivity index (χ1n) is 8.14. The summed E-state index contributed by atoms with van der Waals surface area (Å²) in [7, 11) is -3.72. The third-order valence-electron chi connectivity index (χ3n) is 4.05. The smallest absolute Gasteiger partial charge is 0.238 e. The summed E-state index contributed by atoms with van der Waals surface area (Å²) in [6.07, 6.45) is 0. The quantitative estimate of drug-likeness (QED) is 0.816. The zero-order valence-electron chi connectivity index (χ0n) is 14.3. The number of hydrogen-bond acceptors (Lipinski definition) is 5. The van der Waals surface area contributed by atoms with Gasteiger partial charge in [0.2, 0.25) is 15.9 Å². The van der Waals surface area contributed by atoms with Crippen LogP contribution < -0.4 is 9.88 Å². The van der Waals surface area contributed by atoms with E-state index in [1.54, 1.807) is 28.8 Å². The molecule has 26 heavy (non-hydrogen) atoms. The van der Waals surface area contributed by atoms with Gasteiger partial charge in [0.05, 0.1) is 17.3 Å². The summed E-state index contributed by atoms with van der Waals surface area (Å²) in [5.74, 6) is 1.28. The Kier molecular flexibility index (Phi) is 5.55. The number of carbonyl (C=O) groups is 1. The molecule has 0 saturated carbocycles. The van der Waals surface area contributed by atoms with Gasteiger partial charge < -0.3 is 9.64 Å². The molecule has 1 unspecified atom stereocenters. The van der Waals surface area contributed by atoms with Crippen LogP contribution in [0, 0.1) is 0 Å². The van der Waals surface area contributed by atoms with Gasteiger partial charge in [-0.1, -0.05) is 24.3 Å². The second-order valence-corrected chi connectivity index (χ2v) is 8.51. The summed E-state index contributed by atoms with van der Waals surface area (Å²) in [4.78, 5) is 14.2. The molecule has 1 atom stereocenters. The monoisotopic (exact) mass is 392 g/mol. The Morgan fingerprint density at radius 3 is 2.38 bits per heavy atom. The predicted octanol–water partition coefficient (Wildman–Crippen LogP) is 2.51. The van der Waals surface area contributed by atoms with Gasteiger partial charge in [0, 0.05) is 6.54 Å². The maximum atomic E-state index is 12.3. The fourth-order valence-electron chi connectivity index (χ4n) is 2.78. The number of nitrogens with zero attached hydrogens (tertiary/aromatic N) is 1. The number of hydrogen-bond donors (Lipinski definition) is 1. The Morgan fingerprint density at radius 1 is 1.15 bits per heavy atom. The maximum absolute atomic E-state index is 12.3. The summed E-state index contributed by atoms with van der Waals surface area (Å²) in [5, 5.41) is 5.05. The molecule has 0 bridgehead atoms. The van der Waals surface area contributed by atoms with Crippen LogP contribution in [-0.4, -0.2) is 31.6 Å². The van der Waals surface area contributed by atoms with Crippen LogP contribution in [0.4, 0.5) is 0 Å². The van der Waals surface area contributed by atoms with E-state index in [2.05, 4.69) is 0 Å². The fraction of sp³-hybridized carbons (Fsp3) is 0.278. The molecule has 2 aromatic rings. The van der Waals surface area contributed by atoms with E-state index < -0.39 is 10.0 Å². The number of benzene rings is 2. The van der Waals surface area contributed by atoms with Crippen molar-refractivity contribution in [2.45, 2.75) is 23.7 Å². The molecular weight excluding hydrogens is 372 g/mol. The molecular formula is C18H20N2O4S2. The minimum atomic E-state index is -3.72. The number of primary sulfonamides is 1. The molecule has 0 aliphatic carbocycles. The molecule has 1 saturated heterocycles. The highest BCUT2D eigenvalue weighted by molar-refractivity contribution is 8.00. The molecule has 6 nitrogen and oxygen atoms in total. The van der Waals surface area contributed by atoms with Crippen molar-refractivity contribution in [3.05, 3.63) is 59.7 Å². The molecule has 0 radical (unpaired) electrons.